The summed E-state index contributed by atoms with van der Waals surface area (Å²) in [6.07, 6.45) is 27.2. The highest BCUT2D eigenvalue weighted by Gasteiger charge is 2.27. The second-order valence-corrected chi connectivity index (χ2v) is 12.4. The average Bonchev–Trinajstić information content (AvgIpc) is 2.98. The van der Waals surface area contributed by atoms with E-state index in [4.69, 9.17) is 14.7 Å². The molecule has 4 heteroatoms. The van der Waals surface area contributed by atoms with Crippen LogP contribution in [0, 0.1) is 17.8 Å². The summed E-state index contributed by atoms with van der Waals surface area (Å²) in [7, 11) is 0. The van der Waals surface area contributed by atoms with E-state index in [0.717, 1.165) is 48.9 Å². The standard InChI is InChI=1S/C35H52N2O2/c1-3-5-7-8-10-12-28-13-17-29(18-14-28)32-25-36-34(37-26-32)30-21-23-33(24-22-30)39-35(38)31-19-15-27(16-20-31)11-9-6-4-2/h21-29,31H,3-20H2,1-2H3/t27-,28-,29-,31-. The third kappa shape index (κ3) is 9.43. The summed E-state index contributed by atoms with van der Waals surface area (Å²) >= 11 is 0. The van der Waals surface area contributed by atoms with Gasteiger partial charge in [0.1, 0.15) is 5.75 Å². The van der Waals surface area contributed by atoms with Crippen LogP contribution in [-0.4, -0.2) is 15.9 Å². The fraction of sp³-hybridized carbons (Fsp3) is 0.686. The van der Waals surface area contributed by atoms with E-state index in [1.165, 1.54) is 95.5 Å². The maximum Gasteiger partial charge on any atom is 0.314 e. The fourth-order valence-electron chi connectivity index (χ4n) is 6.76. The number of esters is 1. The number of rotatable bonds is 14. The highest BCUT2D eigenvalue weighted by atomic mass is 16.5. The maximum atomic E-state index is 12.7. The van der Waals surface area contributed by atoms with Gasteiger partial charge in [-0.1, -0.05) is 78.1 Å². The molecule has 2 aromatic rings. The molecular formula is C35H52N2O2. The first-order valence-corrected chi connectivity index (χ1v) is 16.3. The Hall–Kier alpha value is -2.23. The van der Waals surface area contributed by atoms with E-state index < -0.39 is 0 Å². The van der Waals surface area contributed by atoms with Crippen molar-refractivity contribution in [3.05, 3.63) is 42.2 Å². The summed E-state index contributed by atoms with van der Waals surface area (Å²) in [6, 6.07) is 7.69. The monoisotopic (exact) mass is 532 g/mol. The van der Waals surface area contributed by atoms with Gasteiger partial charge in [0.05, 0.1) is 5.92 Å². The molecule has 0 amide bonds. The smallest absolute Gasteiger partial charge is 0.314 e. The van der Waals surface area contributed by atoms with Crippen molar-refractivity contribution in [3.8, 4) is 17.1 Å². The molecule has 0 aliphatic heterocycles. The molecule has 4 nitrogen and oxygen atoms in total. The maximum absolute atomic E-state index is 12.7. The van der Waals surface area contributed by atoms with Gasteiger partial charge < -0.3 is 4.74 Å². The average molecular weight is 533 g/mol. The second-order valence-electron chi connectivity index (χ2n) is 12.4. The Bertz CT molecular complexity index is 955. The van der Waals surface area contributed by atoms with Gasteiger partial charge in [-0.3, -0.25) is 4.79 Å². The van der Waals surface area contributed by atoms with Gasteiger partial charge in [0.15, 0.2) is 5.82 Å². The first-order chi connectivity index (χ1) is 19.2. The van der Waals surface area contributed by atoms with Crippen LogP contribution in [0.15, 0.2) is 36.7 Å². The van der Waals surface area contributed by atoms with Crippen molar-refractivity contribution < 1.29 is 9.53 Å². The van der Waals surface area contributed by atoms with Gasteiger partial charge >= 0.3 is 5.97 Å². The Labute approximate surface area is 237 Å². The molecule has 2 fully saturated rings. The van der Waals surface area contributed by atoms with Crippen LogP contribution in [0.25, 0.3) is 11.4 Å². The molecule has 0 atom stereocenters. The van der Waals surface area contributed by atoms with Crippen molar-refractivity contribution in [3.63, 3.8) is 0 Å². The highest BCUT2D eigenvalue weighted by Crippen LogP contribution is 2.38. The molecule has 0 unspecified atom stereocenters. The fourth-order valence-corrected chi connectivity index (χ4v) is 6.76. The summed E-state index contributed by atoms with van der Waals surface area (Å²) in [4.78, 5) is 22.1. The minimum absolute atomic E-state index is 0.0452. The molecule has 2 aliphatic carbocycles. The minimum atomic E-state index is -0.0680. The summed E-state index contributed by atoms with van der Waals surface area (Å²) in [5.41, 5.74) is 2.24. The normalized spacial score (nSPS) is 23.4. The van der Waals surface area contributed by atoms with Crippen LogP contribution in [0.1, 0.15) is 141 Å². The molecule has 1 heterocycles. The number of benzene rings is 1. The van der Waals surface area contributed by atoms with Crippen LogP contribution in [0.5, 0.6) is 5.75 Å². The zero-order valence-corrected chi connectivity index (χ0v) is 24.7. The van der Waals surface area contributed by atoms with Crippen molar-refractivity contribution in [1.29, 1.82) is 0 Å². The van der Waals surface area contributed by atoms with Crippen LogP contribution in [0.2, 0.25) is 0 Å². The molecule has 1 aromatic carbocycles. The number of ether oxygens (including phenoxy) is 1. The predicted octanol–water partition coefficient (Wildman–Crippen LogP) is 10.1. The van der Waals surface area contributed by atoms with Crippen molar-refractivity contribution in [2.24, 2.45) is 17.8 Å². The molecule has 2 saturated carbocycles. The molecule has 2 aliphatic rings. The number of hydrogen-bond donors (Lipinski definition) is 0. The van der Waals surface area contributed by atoms with Crippen molar-refractivity contribution in [2.45, 2.75) is 135 Å². The van der Waals surface area contributed by atoms with Crippen LogP contribution in [0.3, 0.4) is 0 Å². The van der Waals surface area contributed by atoms with Crippen molar-refractivity contribution >= 4 is 5.97 Å². The molecule has 0 saturated heterocycles. The minimum Gasteiger partial charge on any atom is -0.426 e. The van der Waals surface area contributed by atoms with Gasteiger partial charge in [0.25, 0.3) is 0 Å². The number of hydrogen-bond acceptors (Lipinski definition) is 4. The molecular weight excluding hydrogens is 480 g/mol. The SMILES string of the molecule is CCCCCCC[C@H]1CC[C@H](c2cnc(-c3ccc(OC(=O)[C@H]4CC[C@H](CCCCC)CC4)cc3)nc2)CC1. The lowest BCUT2D eigenvalue weighted by Gasteiger charge is -2.28. The largest absolute Gasteiger partial charge is 0.426 e. The molecule has 0 bridgehead atoms. The van der Waals surface area contributed by atoms with Crippen LogP contribution < -0.4 is 4.74 Å². The van der Waals surface area contributed by atoms with E-state index in [1.807, 2.05) is 36.7 Å². The topological polar surface area (TPSA) is 52.1 Å². The van der Waals surface area contributed by atoms with E-state index in [1.54, 1.807) is 0 Å². The van der Waals surface area contributed by atoms with Crippen LogP contribution in [0.4, 0.5) is 0 Å². The Kier molecular flexibility index (Phi) is 12.3. The number of nitrogens with zero attached hydrogens (tertiary/aromatic N) is 2. The van der Waals surface area contributed by atoms with Gasteiger partial charge in [0, 0.05) is 18.0 Å². The van der Waals surface area contributed by atoms with E-state index in [9.17, 15) is 4.79 Å². The summed E-state index contributed by atoms with van der Waals surface area (Å²) in [6.45, 7) is 4.54. The molecule has 0 spiro atoms. The molecule has 214 valence electrons. The summed E-state index contributed by atoms with van der Waals surface area (Å²) < 4.78 is 5.75. The number of carbonyl (C=O) groups excluding carboxylic acids is 1. The van der Waals surface area contributed by atoms with Crippen molar-refractivity contribution in [1.82, 2.24) is 9.97 Å². The molecule has 0 radical (unpaired) electrons. The molecule has 0 N–H and O–H groups in total. The zero-order valence-electron chi connectivity index (χ0n) is 24.7. The van der Waals surface area contributed by atoms with Gasteiger partial charge in [0.2, 0.25) is 0 Å². The van der Waals surface area contributed by atoms with Crippen LogP contribution >= 0.6 is 0 Å². The number of carbonyl (C=O) groups is 1. The lowest BCUT2D eigenvalue weighted by Crippen LogP contribution is -2.25. The molecule has 1 aromatic heterocycles. The van der Waals surface area contributed by atoms with E-state index in [-0.39, 0.29) is 11.9 Å². The van der Waals surface area contributed by atoms with Gasteiger partial charge in [-0.2, -0.15) is 0 Å². The third-order valence-electron chi connectivity index (χ3n) is 9.43. The lowest BCUT2D eigenvalue weighted by atomic mass is 9.77. The lowest BCUT2D eigenvalue weighted by molar-refractivity contribution is -0.140. The Morgan fingerprint density at radius 3 is 1.87 bits per heavy atom. The third-order valence-corrected chi connectivity index (χ3v) is 9.43. The van der Waals surface area contributed by atoms with E-state index in [0.29, 0.717) is 11.7 Å². The van der Waals surface area contributed by atoms with Crippen LogP contribution in [-0.2, 0) is 4.79 Å². The Balaban J connectivity index is 1.19. The van der Waals surface area contributed by atoms with Gasteiger partial charge in [-0.15, -0.1) is 0 Å². The Morgan fingerprint density at radius 2 is 1.26 bits per heavy atom. The first kappa shape index (κ1) is 29.7. The zero-order chi connectivity index (χ0) is 27.3. The second kappa shape index (κ2) is 16.1. The Morgan fingerprint density at radius 1 is 0.718 bits per heavy atom. The van der Waals surface area contributed by atoms with E-state index >= 15 is 0 Å². The predicted molar refractivity (Wildman–Crippen MR) is 161 cm³/mol. The summed E-state index contributed by atoms with van der Waals surface area (Å²) in [5.74, 6) is 3.65. The highest BCUT2D eigenvalue weighted by molar-refractivity contribution is 5.75. The van der Waals surface area contributed by atoms with Gasteiger partial charge in [-0.05, 0) is 98.9 Å². The van der Waals surface area contributed by atoms with E-state index in [2.05, 4.69) is 13.8 Å². The number of unbranched alkanes of at least 4 members (excludes halogenated alkanes) is 6. The quantitative estimate of drug-likeness (QED) is 0.138. The van der Waals surface area contributed by atoms with Crippen molar-refractivity contribution in [2.75, 3.05) is 0 Å². The van der Waals surface area contributed by atoms with Gasteiger partial charge in [-0.25, -0.2) is 9.97 Å². The summed E-state index contributed by atoms with van der Waals surface area (Å²) in [5, 5.41) is 0. The molecule has 4 rings (SSSR count). The number of aromatic nitrogens is 2. The molecule has 39 heavy (non-hydrogen) atoms. The first-order valence-electron chi connectivity index (χ1n) is 16.3.